The van der Waals surface area contributed by atoms with E-state index in [2.05, 4.69) is 32.5 Å². The first kappa shape index (κ1) is 20.0. The standard InChI is InChI=1S/C24H26N4O2/c29-24(25-14-4-7-19-5-2-1-3-6-19)21-10-8-20(9-11-21)22-12-13-23(27-26-22)28-15-17-30-18-16-28/h1-3,5-6,8-13H,4,7,14-18H2,(H,25,29). The van der Waals surface area contributed by atoms with E-state index in [1.54, 1.807) is 0 Å². The molecule has 1 aliphatic rings. The zero-order chi connectivity index (χ0) is 20.6. The van der Waals surface area contributed by atoms with E-state index in [0.717, 1.165) is 56.2 Å². The van der Waals surface area contributed by atoms with Gasteiger partial charge in [-0.3, -0.25) is 4.79 Å². The number of hydrogen-bond donors (Lipinski definition) is 1. The van der Waals surface area contributed by atoms with Crippen molar-refractivity contribution in [3.63, 3.8) is 0 Å². The van der Waals surface area contributed by atoms with Crippen molar-refractivity contribution in [2.24, 2.45) is 0 Å². The molecule has 6 heteroatoms. The molecule has 0 radical (unpaired) electrons. The molecule has 1 saturated heterocycles. The number of benzene rings is 2. The first-order valence-electron chi connectivity index (χ1n) is 10.4. The molecular formula is C24H26N4O2. The van der Waals surface area contributed by atoms with Gasteiger partial charge in [-0.1, -0.05) is 42.5 Å². The molecule has 2 heterocycles. The van der Waals surface area contributed by atoms with Crippen molar-refractivity contribution in [3.8, 4) is 11.3 Å². The summed E-state index contributed by atoms with van der Waals surface area (Å²) in [6.07, 6.45) is 1.87. The first-order valence-corrected chi connectivity index (χ1v) is 10.4. The summed E-state index contributed by atoms with van der Waals surface area (Å²) >= 11 is 0. The molecule has 30 heavy (non-hydrogen) atoms. The Labute approximate surface area is 176 Å². The summed E-state index contributed by atoms with van der Waals surface area (Å²) in [5, 5.41) is 11.7. The highest BCUT2D eigenvalue weighted by Crippen LogP contribution is 2.19. The average molecular weight is 402 g/mol. The van der Waals surface area contributed by atoms with Crippen molar-refractivity contribution < 1.29 is 9.53 Å². The van der Waals surface area contributed by atoms with Crippen molar-refractivity contribution in [1.29, 1.82) is 0 Å². The number of nitrogens with one attached hydrogen (secondary N) is 1. The molecule has 6 nitrogen and oxygen atoms in total. The highest BCUT2D eigenvalue weighted by atomic mass is 16.5. The quantitative estimate of drug-likeness (QED) is 0.614. The van der Waals surface area contributed by atoms with Crippen LogP contribution in [0.4, 0.5) is 5.82 Å². The smallest absolute Gasteiger partial charge is 0.251 e. The van der Waals surface area contributed by atoms with Gasteiger partial charge in [-0.15, -0.1) is 10.2 Å². The van der Waals surface area contributed by atoms with Crippen LogP contribution in [0.3, 0.4) is 0 Å². The fourth-order valence-electron chi connectivity index (χ4n) is 3.47. The summed E-state index contributed by atoms with van der Waals surface area (Å²) in [6, 6.07) is 21.8. The molecular weight excluding hydrogens is 376 g/mol. The van der Waals surface area contributed by atoms with Gasteiger partial charge in [0.25, 0.3) is 5.91 Å². The van der Waals surface area contributed by atoms with Gasteiger partial charge >= 0.3 is 0 Å². The molecule has 0 spiro atoms. The van der Waals surface area contributed by atoms with Crippen LogP contribution in [-0.2, 0) is 11.2 Å². The Morgan fingerprint density at radius 1 is 0.933 bits per heavy atom. The summed E-state index contributed by atoms with van der Waals surface area (Å²) in [4.78, 5) is 14.5. The van der Waals surface area contributed by atoms with E-state index in [-0.39, 0.29) is 5.91 Å². The molecule has 0 unspecified atom stereocenters. The summed E-state index contributed by atoms with van der Waals surface area (Å²) in [5.74, 6) is 0.817. The molecule has 0 saturated carbocycles. The number of aromatic nitrogens is 2. The van der Waals surface area contributed by atoms with Gasteiger partial charge in [-0.25, -0.2) is 0 Å². The largest absolute Gasteiger partial charge is 0.378 e. The van der Waals surface area contributed by atoms with Gasteiger partial charge in [0.2, 0.25) is 0 Å². The number of anilines is 1. The molecule has 2 aromatic carbocycles. The lowest BCUT2D eigenvalue weighted by atomic mass is 10.1. The second-order valence-corrected chi connectivity index (χ2v) is 7.30. The van der Waals surface area contributed by atoms with Crippen LogP contribution in [0.25, 0.3) is 11.3 Å². The van der Waals surface area contributed by atoms with E-state index < -0.39 is 0 Å². The number of carbonyl (C=O) groups excluding carboxylic acids is 1. The number of morpholine rings is 1. The predicted molar refractivity (Wildman–Crippen MR) is 118 cm³/mol. The Kier molecular flexibility index (Phi) is 6.67. The van der Waals surface area contributed by atoms with E-state index in [1.165, 1.54) is 5.56 Å². The number of carbonyl (C=O) groups is 1. The third kappa shape index (κ3) is 5.21. The summed E-state index contributed by atoms with van der Waals surface area (Å²) in [7, 11) is 0. The lowest BCUT2D eigenvalue weighted by Crippen LogP contribution is -2.36. The van der Waals surface area contributed by atoms with Crippen LogP contribution in [-0.4, -0.2) is 49.0 Å². The highest BCUT2D eigenvalue weighted by Gasteiger charge is 2.13. The third-order valence-corrected chi connectivity index (χ3v) is 5.20. The van der Waals surface area contributed by atoms with Gasteiger partial charge in [0, 0.05) is 30.8 Å². The van der Waals surface area contributed by atoms with Gasteiger partial charge in [0.05, 0.1) is 18.9 Å². The van der Waals surface area contributed by atoms with Gasteiger partial charge < -0.3 is 15.0 Å². The molecule has 1 aromatic heterocycles. The number of rotatable bonds is 7. The minimum atomic E-state index is -0.0524. The molecule has 1 aliphatic heterocycles. The molecule has 1 N–H and O–H groups in total. The van der Waals surface area contributed by atoms with Gasteiger partial charge in [-0.05, 0) is 42.7 Å². The maximum atomic E-state index is 12.4. The highest BCUT2D eigenvalue weighted by molar-refractivity contribution is 5.94. The summed E-state index contributed by atoms with van der Waals surface area (Å²) in [5.41, 5.74) is 3.67. The monoisotopic (exact) mass is 402 g/mol. The van der Waals surface area contributed by atoms with Crippen molar-refractivity contribution in [2.75, 3.05) is 37.7 Å². The van der Waals surface area contributed by atoms with E-state index in [4.69, 9.17) is 4.74 Å². The Morgan fingerprint density at radius 3 is 2.40 bits per heavy atom. The minimum Gasteiger partial charge on any atom is -0.378 e. The second-order valence-electron chi connectivity index (χ2n) is 7.30. The number of ether oxygens (including phenoxy) is 1. The van der Waals surface area contributed by atoms with Crippen LogP contribution in [0.1, 0.15) is 22.3 Å². The Morgan fingerprint density at radius 2 is 1.70 bits per heavy atom. The molecule has 0 atom stereocenters. The van der Waals surface area contributed by atoms with Crippen molar-refractivity contribution in [3.05, 3.63) is 77.9 Å². The van der Waals surface area contributed by atoms with Gasteiger partial charge in [0.1, 0.15) is 0 Å². The van der Waals surface area contributed by atoms with Crippen molar-refractivity contribution in [2.45, 2.75) is 12.8 Å². The lowest BCUT2D eigenvalue weighted by Gasteiger charge is -2.27. The SMILES string of the molecule is O=C(NCCCc1ccccc1)c1ccc(-c2ccc(N3CCOCC3)nn2)cc1. The summed E-state index contributed by atoms with van der Waals surface area (Å²) in [6.45, 7) is 3.77. The van der Waals surface area contributed by atoms with Crippen LogP contribution >= 0.6 is 0 Å². The molecule has 0 aliphatic carbocycles. The fourth-order valence-corrected chi connectivity index (χ4v) is 3.47. The summed E-state index contributed by atoms with van der Waals surface area (Å²) < 4.78 is 5.37. The third-order valence-electron chi connectivity index (χ3n) is 5.20. The van der Waals surface area contributed by atoms with Crippen molar-refractivity contribution >= 4 is 11.7 Å². The topological polar surface area (TPSA) is 67.4 Å². The Balaban J connectivity index is 1.29. The zero-order valence-electron chi connectivity index (χ0n) is 17.0. The molecule has 154 valence electrons. The van der Waals surface area contributed by atoms with Gasteiger partial charge in [-0.2, -0.15) is 0 Å². The van der Waals surface area contributed by atoms with Crippen LogP contribution < -0.4 is 10.2 Å². The Bertz CT molecular complexity index is 937. The molecule has 0 bridgehead atoms. The van der Waals surface area contributed by atoms with E-state index in [0.29, 0.717) is 12.1 Å². The molecule has 3 aromatic rings. The molecule has 1 amide bonds. The fraction of sp³-hybridized carbons (Fsp3) is 0.292. The van der Waals surface area contributed by atoms with E-state index >= 15 is 0 Å². The van der Waals surface area contributed by atoms with Crippen LogP contribution in [0, 0.1) is 0 Å². The predicted octanol–water partition coefficient (Wildman–Crippen LogP) is 3.34. The molecule has 4 rings (SSSR count). The van der Waals surface area contributed by atoms with Crippen LogP contribution in [0.15, 0.2) is 66.7 Å². The number of hydrogen-bond acceptors (Lipinski definition) is 5. The first-order chi connectivity index (χ1) is 14.8. The van der Waals surface area contributed by atoms with E-state index in [9.17, 15) is 4.79 Å². The van der Waals surface area contributed by atoms with Gasteiger partial charge in [0.15, 0.2) is 5.82 Å². The maximum absolute atomic E-state index is 12.4. The number of aryl methyl sites for hydroxylation is 1. The van der Waals surface area contributed by atoms with E-state index in [1.807, 2.05) is 54.6 Å². The number of nitrogens with zero attached hydrogens (tertiary/aromatic N) is 3. The second kappa shape index (κ2) is 9.98. The van der Waals surface area contributed by atoms with Crippen molar-refractivity contribution in [1.82, 2.24) is 15.5 Å². The average Bonchev–Trinajstić information content (AvgIpc) is 2.83. The lowest BCUT2D eigenvalue weighted by molar-refractivity contribution is 0.0953. The maximum Gasteiger partial charge on any atom is 0.251 e. The molecule has 1 fully saturated rings. The number of amides is 1. The minimum absolute atomic E-state index is 0.0524. The van der Waals surface area contributed by atoms with Crippen LogP contribution in [0.2, 0.25) is 0 Å². The Hall–Kier alpha value is -3.25. The van der Waals surface area contributed by atoms with Crippen LogP contribution in [0.5, 0.6) is 0 Å². The zero-order valence-corrected chi connectivity index (χ0v) is 17.0. The normalized spacial score (nSPS) is 13.8.